The number of amides is 1. The van der Waals surface area contributed by atoms with Gasteiger partial charge >= 0.3 is 0 Å². The number of carbonyl (C=O) groups excluding carboxylic acids is 1. The smallest absolute Gasteiger partial charge is 0.251 e. The quantitative estimate of drug-likeness (QED) is 0.643. The molecule has 0 fully saturated rings. The molecule has 0 aliphatic carbocycles. The molecule has 0 aliphatic heterocycles. The van der Waals surface area contributed by atoms with Gasteiger partial charge in [-0.1, -0.05) is 26.0 Å². The molecule has 0 bridgehead atoms. The van der Waals surface area contributed by atoms with Gasteiger partial charge in [0.25, 0.3) is 5.56 Å². The van der Waals surface area contributed by atoms with Crippen molar-refractivity contribution >= 4 is 5.91 Å². The number of rotatable bonds is 7. The van der Waals surface area contributed by atoms with Gasteiger partial charge in [-0.25, -0.2) is 9.37 Å². The van der Waals surface area contributed by atoms with E-state index in [4.69, 9.17) is 0 Å². The number of benzene rings is 1. The largest absolute Gasteiger partial charge is 0.349 e. The highest BCUT2D eigenvalue weighted by atomic mass is 19.1. The van der Waals surface area contributed by atoms with Crippen LogP contribution in [0.4, 0.5) is 4.39 Å². The molecule has 2 N–H and O–H groups in total. The molecule has 0 radical (unpaired) electrons. The van der Waals surface area contributed by atoms with Crippen LogP contribution in [0.3, 0.4) is 0 Å². The lowest BCUT2D eigenvalue weighted by atomic mass is 10.0. The van der Waals surface area contributed by atoms with E-state index in [1.807, 2.05) is 13.8 Å². The Morgan fingerprint density at radius 3 is 2.48 bits per heavy atom. The maximum atomic E-state index is 13.4. The summed E-state index contributed by atoms with van der Waals surface area (Å²) < 4.78 is 13.4. The first-order chi connectivity index (χ1) is 13.9. The Kier molecular flexibility index (Phi) is 6.49. The van der Waals surface area contributed by atoms with Gasteiger partial charge in [0.2, 0.25) is 5.91 Å². The zero-order valence-corrected chi connectivity index (χ0v) is 16.4. The summed E-state index contributed by atoms with van der Waals surface area (Å²) in [7, 11) is 0. The van der Waals surface area contributed by atoms with Crippen molar-refractivity contribution in [2.45, 2.75) is 32.7 Å². The summed E-state index contributed by atoms with van der Waals surface area (Å²) in [5, 5.41) is 2.99. The predicted molar refractivity (Wildman–Crippen MR) is 109 cm³/mol. The summed E-state index contributed by atoms with van der Waals surface area (Å²) >= 11 is 0. The number of hydrogen-bond acceptors (Lipinski definition) is 4. The van der Waals surface area contributed by atoms with E-state index in [0.717, 1.165) is 11.1 Å². The highest BCUT2D eigenvalue weighted by Gasteiger charge is 2.18. The van der Waals surface area contributed by atoms with Gasteiger partial charge in [-0.05, 0) is 35.7 Å². The normalized spacial score (nSPS) is 12.0. The van der Waals surface area contributed by atoms with Gasteiger partial charge in [-0.2, -0.15) is 0 Å². The number of nitrogens with one attached hydrogen (secondary N) is 2. The van der Waals surface area contributed by atoms with Gasteiger partial charge in [0.05, 0.1) is 11.7 Å². The lowest BCUT2D eigenvalue weighted by Gasteiger charge is -2.20. The van der Waals surface area contributed by atoms with Crippen LogP contribution in [0.15, 0.2) is 59.7 Å². The summed E-state index contributed by atoms with van der Waals surface area (Å²) in [6.45, 7) is 3.93. The number of halogens is 1. The minimum atomic E-state index is -0.429. The second-order valence-corrected chi connectivity index (χ2v) is 7.29. The van der Waals surface area contributed by atoms with Crippen molar-refractivity contribution in [3.63, 3.8) is 0 Å². The van der Waals surface area contributed by atoms with Crippen LogP contribution in [0.1, 0.15) is 37.6 Å². The molecule has 29 heavy (non-hydrogen) atoms. The minimum absolute atomic E-state index is 0.103. The van der Waals surface area contributed by atoms with E-state index in [2.05, 4.69) is 20.3 Å². The molecule has 0 spiro atoms. The van der Waals surface area contributed by atoms with E-state index in [1.165, 1.54) is 18.2 Å². The van der Waals surface area contributed by atoms with Crippen molar-refractivity contribution in [2.75, 3.05) is 0 Å². The Bertz CT molecular complexity index is 1020. The van der Waals surface area contributed by atoms with E-state index < -0.39 is 6.04 Å². The average Bonchev–Trinajstić information content (AvgIpc) is 2.68. The van der Waals surface area contributed by atoms with E-state index in [0.29, 0.717) is 24.4 Å². The molecule has 3 aromatic rings. The van der Waals surface area contributed by atoms with Gasteiger partial charge < -0.3 is 10.3 Å². The van der Waals surface area contributed by atoms with Crippen molar-refractivity contribution in [3.05, 3.63) is 82.3 Å². The molecule has 2 aromatic heterocycles. The van der Waals surface area contributed by atoms with Crippen molar-refractivity contribution in [1.29, 1.82) is 0 Å². The number of pyridine rings is 1. The number of aromatic nitrogens is 3. The first kappa shape index (κ1) is 20.4. The van der Waals surface area contributed by atoms with Gasteiger partial charge in [0, 0.05) is 36.9 Å². The van der Waals surface area contributed by atoms with Crippen molar-refractivity contribution < 1.29 is 9.18 Å². The first-order valence-corrected chi connectivity index (χ1v) is 9.46. The highest BCUT2D eigenvalue weighted by Crippen LogP contribution is 2.20. The van der Waals surface area contributed by atoms with Crippen LogP contribution in [0.5, 0.6) is 0 Å². The van der Waals surface area contributed by atoms with Crippen LogP contribution in [-0.4, -0.2) is 20.9 Å². The molecular weight excluding hydrogens is 371 g/mol. The van der Waals surface area contributed by atoms with Crippen LogP contribution < -0.4 is 10.9 Å². The molecule has 6 nitrogen and oxygen atoms in total. The summed E-state index contributed by atoms with van der Waals surface area (Å²) in [5.74, 6) is 0.185. The zero-order chi connectivity index (χ0) is 20.8. The standard InChI is InChI=1S/C22H23FN4O2/c1-14(2)11-20(28)26-19(15-3-5-17(23)6-4-15)12-18-13-21(29)27-22(25-18)16-7-9-24-10-8-16/h3-10,13-14,19H,11-12H2,1-2H3,(H,26,28)(H,25,27,29)/t19-/m0/s1. The third-order valence-electron chi connectivity index (χ3n) is 4.36. The second-order valence-electron chi connectivity index (χ2n) is 7.29. The Labute approximate surface area is 168 Å². The van der Waals surface area contributed by atoms with Gasteiger partial charge in [0.15, 0.2) is 0 Å². The fourth-order valence-electron chi connectivity index (χ4n) is 3.04. The highest BCUT2D eigenvalue weighted by molar-refractivity contribution is 5.76. The van der Waals surface area contributed by atoms with Gasteiger partial charge in [0.1, 0.15) is 11.6 Å². The van der Waals surface area contributed by atoms with Crippen LogP contribution in [0.25, 0.3) is 11.4 Å². The van der Waals surface area contributed by atoms with Crippen LogP contribution in [0, 0.1) is 11.7 Å². The Morgan fingerprint density at radius 2 is 1.83 bits per heavy atom. The number of nitrogens with zero attached hydrogens (tertiary/aromatic N) is 2. The number of hydrogen-bond donors (Lipinski definition) is 2. The Balaban J connectivity index is 1.90. The lowest BCUT2D eigenvalue weighted by molar-refractivity contribution is -0.122. The monoisotopic (exact) mass is 394 g/mol. The van der Waals surface area contributed by atoms with E-state index in [-0.39, 0.29) is 23.2 Å². The maximum absolute atomic E-state index is 13.4. The van der Waals surface area contributed by atoms with Crippen molar-refractivity contribution in [3.8, 4) is 11.4 Å². The molecule has 1 atom stereocenters. The van der Waals surface area contributed by atoms with Gasteiger partial charge in [-0.3, -0.25) is 14.6 Å². The molecule has 0 saturated carbocycles. The maximum Gasteiger partial charge on any atom is 0.251 e. The number of carbonyl (C=O) groups is 1. The number of aromatic amines is 1. The van der Waals surface area contributed by atoms with E-state index in [1.54, 1.807) is 36.7 Å². The number of H-pyrrole nitrogens is 1. The molecule has 0 saturated heterocycles. The summed E-state index contributed by atoms with van der Waals surface area (Å²) in [5.41, 5.74) is 1.73. The van der Waals surface area contributed by atoms with Crippen LogP contribution in [0.2, 0.25) is 0 Å². The molecule has 1 aromatic carbocycles. The van der Waals surface area contributed by atoms with E-state index in [9.17, 15) is 14.0 Å². The van der Waals surface area contributed by atoms with E-state index >= 15 is 0 Å². The summed E-state index contributed by atoms with van der Waals surface area (Å²) in [6.07, 6.45) is 3.92. The van der Waals surface area contributed by atoms with Crippen LogP contribution in [-0.2, 0) is 11.2 Å². The second kappa shape index (κ2) is 9.23. The Morgan fingerprint density at radius 1 is 1.14 bits per heavy atom. The fourth-order valence-corrected chi connectivity index (χ4v) is 3.04. The average molecular weight is 394 g/mol. The molecule has 0 aliphatic rings. The predicted octanol–water partition coefficient (Wildman–Crippen LogP) is 3.42. The zero-order valence-electron chi connectivity index (χ0n) is 16.4. The SMILES string of the molecule is CC(C)CC(=O)N[C@@H](Cc1cc(=O)[nH]c(-c2ccncc2)n1)c1ccc(F)cc1. The summed E-state index contributed by atoms with van der Waals surface area (Å²) in [4.78, 5) is 35.8. The molecule has 2 heterocycles. The van der Waals surface area contributed by atoms with Crippen LogP contribution >= 0.6 is 0 Å². The molecule has 1 amide bonds. The molecule has 7 heteroatoms. The lowest BCUT2D eigenvalue weighted by Crippen LogP contribution is -2.31. The molecule has 0 unspecified atom stereocenters. The molecule has 3 rings (SSSR count). The summed E-state index contributed by atoms with van der Waals surface area (Å²) in [6, 6.07) is 10.5. The Hall–Kier alpha value is -3.35. The third kappa shape index (κ3) is 5.81. The topological polar surface area (TPSA) is 87.7 Å². The first-order valence-electron chi connectivity index (χ1n) is 9.46. The minimum Gasteiger partial charge on any atom is -0.349 e. The molecule has 150 valence electrons. The fraction of sp³-hybridized carbons (Fsp3) is 0.273. The van der Waals surface area contributed by atoms with Crippen molar-refractivity contribution in [1.82, 2.24) is 20.3 Å². The van der Waals surface area contributed by atoms with Gasteiger partial charge in [-0.15, -0.1) is 0 Å². The third-order valence-corrected chi connectivity index (χ3v) is 4.36. The van der Waals surface area contributed by atoms with Crippen molar-refractivity contribution in [2.24, 2.45) is 5.92 Å². The molecular formula is C22H23FN4O2.